The SMILES string of the molecule is FC1(F)CCOCC1CSc1n[nH]c(CCC2CCCC2)n1. The van der Waals surface area contributed by atoms with E-state index in [9.17, 15) is 8.78 Å². The number of hydrogen-bond acceptors (Lipinski definition) is 4. The third-order valence-corrected chi connectivity index (χ3v) is 5.69. The van der Waals surface area contributed by atoms with Gasteiger partial charge in [-0.05, 0) is 12.3 Å². The van der Waals surface area contributed by atoms with Gasteiger partial charge in [0.25, 0.3) is 5.92 Å². The smallest absolute Gasteiger partial charge is 0.256 e. The molecule has 2 aliphatic rings. The second-order valence-electron chi connectivity index (χ2n) is 6.35. The minimum atomic E-state index is -2.63. The van der Waals surface area contributed by atoms with Crippen molar-refractivity contribution in [1.82, 2.24) is 15.2 Å². The summed E-state index contributed by atoms with van der Waals surface area (Å²) in [6.45, 7) is 0.277. The molecule has 4 nitrogen and oxygen atoms in total. The lowest BCUT2D eigenvalue weighted by atomic mass is 10.00. The van der Waals surface area contributed by atoms with Crippen LogP contribution in [0.3, 0.4) is 0 Å². The summed E-state index contributed by atoms with van der Waals surface area (Å²) in [6, 6.07) is 0. The fraction of sp³-hybridized carbons (Fsp3) is 0.867. The van der Waals surface area contributed by atoms with Crippen molar-refractivity contribution in [3.63, 3.8) is 0 Å². The van der Waals surface area contributed by atoms with Crippen molar-refractivity contribution in [2.75, 3.05) is 19.0 Å². The van der Waals surface area contributed by atoms with Crippen LogP contribution in [-0.4, -0.2) is 40.1 Å². The molecule has 1 aliphatic heterocycles. The number of nitrogens with one attached hydrogen (secondary N) is 1. The van der Waals surface area contributed by atoms with Crippen LogP contribution in [0.5, 0.6) is 0 Å². The molecule has 0 radical (unpaired) electrons. The Morgan fingerprint density at radius 3 is 2.91 bits per heavy atom. The Kier molecular flexibility index (Phi) is 5.33. The molecule has 1 unspecified atom stereocenters. The number of rotatable bonds is 6. The average Bonchev–Trinajstić information content (AvgIpc) is 3.15. The number of aromatic nitrogens is 3. The van der Waals surface area contributed by atoms with Crippen molar-refractivity contribution in [1.29, 1.82) is 0 Å². The molecule has 3 rings (SSSR count). The van der Waals surface area contributed by atoms with Crippen LogP contribution in [0.1, 0.15) is 44.3 Å². The largest absolute Gasteiger partial charge is 0.381 e. The fourth-order valence-electron chi connectivity index (χ4n) is 3.20. The zero-order valence-electron chi connectivity index (χ0n) is 12.7. The zero-order valence-corrected chi connectivity index (χ0v) is 13.5. The quantitative estimate of drug-likeness (QED) is 0.808. The van der Waals surface area contributed by atoms with E-state index in [-0.39, 0.29) is 19.6 Å². The molecular formula is C15H23F2N3OS. The first kappa shape index (κ1) is 16.2. The number of H-pyrrole nitrogens is 1. The molecule has 1 N–H and O–H groups in total. The molecule has 2 fully saturated rings. The highest BCUT2D eigenvalue weighted by molar-refractivity contribution is 7.99. The van der Waals surface area contributed by atoms with E-state index in [1.54, 1.807) is 0 Å². The van der Waals surface area contributed by atoms with Gasteiger partial charge in [-0.15, -0.1) is 5.10 Å². The monoisotopic (exact) mass is 331 g/mol. The van der Waals surface area contributed by atoms with Gasteiger partial charge in [0.15, 0.2) is 0 Å². The molecule has 0 aromatic carbocycles. The Balaban J connectivity index is 1.45. The van der Waals surface area contributed by atoms with E-state index in [4.69, 9.17) is 4.74 Å². The number of ether oxygens (including phenoxy) is 1. The van der Waals surface area contributed by atoms with Crippen LogP contribution < -0.4 is 0 Å². The van der Waals surface area contributed by atoms with Gasteiger partial charge in [0.05, 0.1) is 19.1 Å². The van der Waals surface area contributed by atoms with Crippen molar-refractivity contribution in [3.05, 3.63) is 5.82 Å². The minimum Gasteiger partial charge on any atom is -0.381 e. The Morgan fingerprint density at radius 1 is 1.32 bits per heavy atom. The Labute approximate surface area is 133 Å². The molecule has 124 valence electrons. The molecule has 1 aliphatic carbocycles. The lowest BCUT2D eigenvalue weighted by Crippen LogP contribution is -2.39. The highest BCUT2D eigenvalue weighted by Gasteiger charge is 2.42. The van der Waals surface area contributed by atoms with E-state index in [0.29, 0.717) is 10.9 Å². The van der Waals surface area contributed by atoms with Gasteiger partial charge >= 0.3 is 0 Å². The summed E-state index contributed by atoms with van der Waals surface area (Å²) in [6.07, 6.45) is 7.21. The number of nitrogens with zero attached hydrogens (tertiary/aromatic N) is 2. The maximum atomic E-state index is 13.7. The molecule has 0 amide bonds. The molecule has 0 spiro atoms. The number of aromatic amines is 1. The van der Waals surface area contributed by atoms with E-state index < -0.39 is 11.8 Å². The number of thioether (sulfide) groups is 1. The van der Waals surface area contributed by atoms with Gasteiger partial charge in [-0.25, -0.2) is 13.8 Å². The van der Waals surface area contributed by atoms with Crippen molar-refractivity contribution in [3.8, 4) is 0 Å². The molecule has 1 atom stereocenters. The molecule has 1 saturated heterocycles. The van der Waals surface area contributed by atoms with Crippen LogP contribution in [0.25, 0.3) is 0 Å². The van der Waals surface area contributed by atoms with Crippen molar-refractivity contribution < 1.29 is 13.5 Å². The van der Waals surface area contributed by atoms with Crippen LogP contribution in [-0.2, 0) is 11.2 Å². The van der Waals surface area contributed by atoms with Gasteiger partial charge in [-0.3, -0.25) is 5.10 Å². The predicted octanol–water partition coefficient (Wildman–Crippen LogP) is 3.69. The summed E-state index contributed by atoms with van der Waals surface area (Å²) < 4.78 is 32.6. The average molecular weight is 331 g/mol. The summed E-state index contributed by atoms with van der Waals surface area (Å²) in [5.41, 5.74) is 0. The highest BCUT2D eigenvalue weighted by Crippen LogP contribution is 2.35. The van der Waals surface area contributed by atoms with Crippen LogP contribution in [0.4, 0.5) is 8.78 Å². The number of hydrogen-bond donors (Lipinski definition) is 1. The second-order valence-corrected chi connectivity index (χ2v) is 7.33. The molecular weight excluding hydrogens is 308 g/mol. The van der Waals surface area contributed by atoms with Gasteiger partial charge < -0.3 is 4.74 Å². The van der Waals surface area contributed by atoms with Crippen molar-refractivity contribution in [2.24, 2.45) is 11.8 Å². The Morgan fingerprint density at radius 2 is 2.14 bits per heavy atom. The molecule has 7 heteroatoms. The molecule has 2 heterocycles. The van der Waals surface area contributed by atoms with E-state index >= 15 is 0 Å². The molecule has 1 saturated carbocycles. The van der Waals surface area contributed by atoms with Crippen LogP contribution >= 0.6 is 11.8 Å². The van der Waals surface area contributed by atoms with Gasteiger partial charge in [0.2, 0.25) is 5.16 Å². The molecule has 1 aromatic heterocycles. The predicted molar refractivity (Wildman–Crippen MR) is 81.3 cm³/mol. The van der Waals surface area contributed by atoms with Crippen molar-refractivity contribution in [2.45, 2.75) is 56.0 Å². The molecule has 22 heavy (non-hydrogen) atoms. The first-order chi connectivity index (χ1) is 10.6. The third-order valence-electron chi connectivity index (χ3n) is 4.68. The standard InChI is InChI=1S/C15H23F2N3OS/c16-15(17)7-8-21-9-12(15)10-22-14-18-13(19-20-14)6-5-11-3-1-2-4-11/h11-12H,1-10H2,(H,18,19,20). The summed E-state index contributed by atoms with van der Waals surface area (Å²) in [7, 11) is 0. The van der Waals surface area contributed by atoms with E-state index in [1.807, 2.05) is 0 Å². The highest BCUT2D eigenvalue weighted by atomic mass is 32.2. The van der Waals surface area contributed by atoms with Gasteiger partial charge in [-0.2, -0.15) is 0 Å². The second kappa shape index (κ2) is 7.25. The number of halogens is 2. The maximum absolute atomic E-state index is 13.7. The van der Waals surface area contributed by atoms with E-state index in [1.165, 1.54) is 37.4 Å². The molecule has 0 bridgehead atoms. The fourth-order valence-corrected chi connectivity index (χ4v) is 4.17. The zero-order chi connectivity index (χ0) is 15.4. The van der Waals surface area contributed by atoms with E-state index in [0.717, 1.165) is 24.6 Å². The summed E-state index contributed by atoms with van der Waals surface area (Å²) >= 11 is 1.29. The van der Waals surface area contributed by atoms with Gasteiger partial charge in [-0.1, -0.05) is 37.4 Å². The van der Waals surface area contributed by atoms with Crippen LogP contribution in [0.15, 0.2) is 5.16 Å². The topological polar surface area (TPSA) is 50.8 Å². The van der Waals surface area contributed by atoms with Crippen LogP contribution in [0.2, 0.25) is 0 Å². The number of alkyl halides is 2. The summed E-state index contributed by atoms with van der Waals surface area (Å²) in [5, 5.41) is 7.64. The minimum absolute atomic E-state index is 0.124. The normalized spacial score (nSPS) is 25.6. The third kappa shape index (κ3) is 4.19. The van der Waals surface area contributed by atoms with Crippen LogP contribution in [0, 0.1) is 11.8 Å². The summed E-state index contributed by atoms with van der Waals surface area (Å²) in [4.78, 5) is 4.41. The van der Waals surface area contributed by atoms with Gasteiger partial charge in [0, 0.05) is 18.6 Å². The van der Waals surface area contributed by atoms with E-state index in [2.05, 4.69) is 15.2 Å². The van der Waals surface area contributed by atoms with Crippen molar-refractivity contribution >= 4 is 11.8 Å². The number of aryl methyl sites for hydroxylation is 1. The summed E-state index contributed by atoms with van der Waals surface area (Å²) in [5.74, 6) is -1.38. The lowest BCUT2D eigenvalue weighted by Gasteiger charge is -2.30. The molecule has 1 aromatic rings. The Hall–Kier alpha value is -0.690. The van der Waals surface area contributed by atoms with Gasteiger partial charge in [0.1, 0.15) is 5.82 Å². The lowest BCUT2D eigenvalue weighted by molar-refractivity contribution is -0.132. The maximum Gasteiger partial charge on any atom is 0.256 e. The Bertz CT molecular complexity index is 477. The first-order valence-corrected chi connectivity index (χ1v) is 9.12. The first-order valence-electron chi connectivity index (χ1n) is 8.13.